The standard InChI is InChI=1S/C15H17NO3/c17-8-1-2-12-3-5-14(6-4-12)15(18)16-10-13-7-9-19-11-13/h3-6,13,17H,7-11H2,(H,16,18). The quantitative estimate of drug-likeness (QED) is 0.789. The Hall–Kier alpha value is -1.83. The van der Waals surface area contributed by atoms with E-state index in [0.717, 1.165) is 25.2 Å². The highest BCUT2D eigenvalue weighted by atomic mass is 16.5. The molecular weight excluding hydrogens is 242 g/mol. The summed E-state index contributed by atoms with van der Waals surface area (Å²) in [6.45, 7) is 2.02. The molecule has 1 aliphatic heterocycles. The number of aliphatic hydroxyl groups is 1. The Morgan fingerprint density at radius 3 is 2.84 bits per heavy atom. The molecule has 1 aromatic rings. The van der Waals surface area contributed by atoms with E-state index in [0.29, 0.717) is 18.0 Å². The van der Waals surface area contributed by atoms with Crippen molar-refractivity contribution < 1.29 is 14.6 Å². The van der Waals surface area contributed by atoms with E-state index in [1.54, 1.807) is 24.3 Å². The Bertz CT molecular complexity index is 478. The highest BCUT2D eigenvalue weighted by Gasteiger charge is 2.16. The van der Waals surface area contributed by atoms with Crippen molar-refractivity contribution >= 4 is 5.91 Å². The molecule has 1 amide bonds. The van der Waals surface area contributed by atoms with E-state index in [2.05, 4.69) is 17.2 Å². The molecule has 4 nitrogen and oxygen atoms in total. The van der Waals surface area contributed by atoms with Crippen molar-refractivity contribution in [3.8, 4) is 11.8 Å². The first-order valence-corrected chi connectivity index (χ1v) is 6.35. The molecule has 0 saturated carbocycles. The first-order valence-electron chi connectivity index (χ1n) is 6.35. The smallest absolute Gasteiger partial charge is 0.251 e. The van der Waals surface area contributed by atoms with Gasteiger partial charge in [-0.3, -0.25) is 4.79 Å². The minimum Gasteiger partial charge on any atom is -0.384 e. The SMILES string of the molecule is O=C(NCC1CCOC1)c1ccc(C#CCO)cc1. The number of benzene rings is 1. The molecule has 1 aliphatic rings. The lowest BCUT2D eigenvalue weighted by Gasteiger charge is -2.09. The molecule has 100 valence electrons. The predicted molar refractivity (Wildman–Crippen MR) is 71.7 cm³/mol. The number of hydrogen-bond donors (Lipinski definition) is 2. The van der Waals surface area contributed by atoms with Gasteiger partial charge in [-0.05, 0) is 30.7 Å². The molecule has 1 atom stereocenters. The normalized spacial score (nSPS) is 17.6. The molecule has 1 saturated heterocycles. The van der Waals surface area contributed by atoms with Crippen LogP contribution in [0.1, 0.15) is 22.3 Å². The summed E-state index contributed by atoms with van der Waals surface area (Å²) >= 11 is 0. The molecule has 19 heavy (non-hydrogen) atoms. The van der Waals surface area contributed by atoms with Gasteiger partial charge in [-0.15, -0.1) is 0 Å². The average Bonchev–Trinajstić information content (AvgIpc) is 2.96. The van der Waals surface area contributed by atoms with Crippen LogP contribution in [-0.2, 0) is 4.74 Å². The van der Waals surface area contributed by atoms with Crippen molar-refractivity contribution in [1.82, 2.24) is 5.32 Å². The highest BCUT2D eigenvalue weighted by molar-refractivity contribution is 5.94. The Kier molecular flexibility index (Phi) is 4.96. The van der Waals surface area contributed by atoms with Crippen LogP contribution >= 0.6 is 0 Å². The fraction of sp³-hybridized carbons (Fsp3) is 0.400. The Morgan fingerprint density at radius 1 is 1.42 bits per heavy atom. The topological polar surface area (TPSA) is 58.6 Å². The molecule has 0 bridgehead atoms. The van der Waals surface area contributed by atoms with Crippen LogP contribution in [0.5, 0.6) is 0 Å². The van der Waals surface area contributed by atoms with Crippen LogP contribution in [0.4, 0.5) is 0 Å². The molecule has 1 fully saturated rings. The van der Waals surface area contributed by atoms with Gasteiger partial charge in [0.25, 0.3) is 5.91 Å². The van der Waals surface area contributed by atoms with Gasteiger partial charge in [0.15, 0.2) is 0 Å². The summed E-state index contributed by atoms with van der Waals surface area (Å²) in [4.78, 5) is 11.9. The highest BCUT2D eigenvalue weighted by Crippen LogP contribution is 2.11. The molecule has 0 aromatic heterocycles. The second kappa shape index (κ2) is 6.93. The minimum absolute atomic E-state index is 0.0754. The number of hydrogen-bond acceptors (Lipinski definition) is 3. The maximum absolute atomic E-state index is 11.9. The average molecular weight is 259 g/mol. The molecule has 2 N–H and O–H groups in total. The fourth-order valence-electron chi connectivity index (χ4n) is 1.93. The van der Waals surface area contributed by atoms with Gasteiger partial charge in [0.05, 0.1) is 6.61 Å². The summed E-state index contributed by atoms with van der Waals surface area (Å²) in [5.41, 5.74) is 1.41. The van der Waals surface area contributed by atoms with Crippen LogP contribution < -0.4 is 5.32 Å². The Balaban J connectivity index is 1.88. The van der Waals surface area contributed by atoms with E-state index in [-0.39, 0.29) is 12.5 Å². The summed E-state index contributed by atoms with van der Waals surface area (Å²) in [5.74, 6) is 5.71. The van der Waals surface area contributed by atoms with Crippen LogP contribution in [0.25, 0.3) is 0 Å². The van der Waals surface area contributed by atoms with Crippen LogP contribution in [0.15, 0.2) is 24.3 Å². The van der Waals surface area contributed by atoms with Crippen molar-refractivity contribution in [2.45, 2.75) is 6.42 Å². The maximum atomic E-state index is 11.9. The van der Waals surface area contributed by atoms with E-state index in [1.165, 1.54) is 0 Å². The lowest BCUT2D eigenvalue weighted by Crippen LogP contribution is -2.29. The molecule has 4 heteroatoms. The number of amides is 1. The molecule has 2 rings (SSSR count). The zero-order valence-electron chi connectivity index (χ0n) is 10.7. The zero-order valence-corrected chi connectivity index (χ0v) is 10.7. The van der Waals surface area contributed by atoms with Crippen molar-refractivity contribution in [1.29, 1.82) is 0 Å². The fourth-order valence-corrected chi connectivity index (χ4v) is 1.93. The molecule has 1 unspecified atom stereocenters. The maximum Gasteiger partial charge on any atom is 0.251 e. The molecular formula is C15H17NO3. The lowest BCUT2D eigenvalue weighted by atomic mass is 10.1. The Labute approximate surface area is 112 Å². The number of carbonyl (C=O) groups excluding carboxylic acids is 1. The summed E-state index contributed by atoms with van der Waals surface area (Å²) in [5, 5.41) is 11.5. The summed E-state index contributed by atoms with van der Waals surface area (Å²) < 4.78 is 5.26. The van der Waals surface area contributed by atoms with Gasteiger partial charge < -0.3 is 15.2 Å². The van der Waals surface area contributed by atoms with Gasteiger partial charge in [0.2, 0.25) is 0 Å². The molecule has 0 aliphatic carbocycles. The van der Waals surface area contributed by atoms with E-state index >= 15 is 0 Å². The van der Waals surface area contributed by atoms with Gasteiger partial charge in [-0.25, -0.2) is 0 Å². The van der Waals surface area contributed by atoms with Crippen LogP contribution in [0.3, 0.4) is 0 Å². The number of rotatable bonds is 3. The van der Waals surface area contributed by atoms with Crippen LogP contribution in [0, 0.1) is 17.8 Å². The first-order chi connectivity index (χ1) is 9.29. The monoisotopic (exact) mass is 259 g/mol. The van der Waals surface area contributed by atoms with Crippen molar-refractivity contribution in [3.63, 3.8) is 0 Å². The zero-order chi connectivity index (χ0) is 13.5. The van der Waals surface area contributed by atoms with Crippen molar-refractivity contribution in [3.05, 3.63) is 35.4 Å². The number of aliphatic hydroxyl groups excluding tert-OH is 1. The Morgan fingerprint density at radius 2 is 2.21 bits per heavy atom. The first kappa shape index (κ1) is 13.6. The van der Waals surface area contributed by atoms with Gasteiger partial charge in [0, 0.05) is 30.2 Å². The third-order valence-electron chi connectivity index (χ3n) is 3.03. The third kappa shape index (κ3) is 4.09. The summed E-state index contributed by atoms with van der Waals surface area (Å²) in [6.07, 6.45) is 1.01. The largest absolute Gasteiger partial charge is 0.384 e. The number of ether oxygens (including phenoxy) is 1. The van der Waals surface area contributed by atoms with E-state index < -0.39 is 0 Å². The van der Waals surface area contributed by atoms with Gasteiger partial charge in [-0.2, -0.15) is 0 Å². The summed E-state index contributed by atoms with van der Waals surface area (Å²) in [6, 6.07) is 7.02. The van der Waals surface area contributed by atoms with Gasteiger partial charge >= 0.3 is 0 Å². The van der Waals surface area contributed by atoms with Crippen molar-refractivity contribution in [2.75, 3.05) is 26.4 Å². The number of nitrogens with one attached hydrogen (secondary N) is 1. The van der Waals surface area contributed by atoms with Crippen LogP contribution in [-0.4, -0.2) is 37.4 Å². The van der Waals surface area contributed by atoms with Gasteiger partial charge in [-0.1, -0.05) is 11.8 Å². The van der Waals surface area contributed by atoms with Crippen LogP contribution in [0.2, 0.25) is 0 Å². The number of carbonyl (C=O) groups is 1. The molecule has 1 aromatic carbocycles. The van der Waals surface area contributed by atoms with E-state index in [1.807, 2.05) is 0 Å². The van der Waals surface area contributed by atoms with Crippen molar-refractivity contribution in [2.24, 2.45) is 5.92 Å². The van der Waals surface area contributed by atoms with E-state index in [9.17, 15) is 4.79 Å². The molecule has 0 spiro atoms. The van der Waals surface area contributed by atoms with E-state index in [4.69, 9.17) is 9.84 Å². The summed E-state index contributed by atoms with van der Waals surface area (Å²) in [7, 11) is 0. The molecule has 1 heterocycles. The predicted octanol–water partition coefficient (Wildman–Crippen LogP) is 0.797. The van der Waals surface area contributed by atoms with Gasteiger partial charge in [0.1, 0.15) is 6.61 Å². The molecule has 0 radical (unpaired) electrons. The minimum atomic E-state index is -0.161. The second-order valence-electron chi connectivity index (χ2n) is 4.48. The third-order valence-corrected chi connectivity index (χ3v) is 3.03. The second-order valence-corrected chi connectivity index (χ2v) is 4.48. The lowest BCUT2D eigenvalue weighted by molar-refractivity contribution is 0.0945.